The van der Waals surface area contributed by atoms with E-state index in [2.05, 4.69) is 0 Å². The molecule has 0 saturated carbocycles. The Kier molecular flexibility index (Phi) is 3.53. The molecule has 8 heavy (non-hydrogen) atoms. The van der Waals surface area contributed by atoms with Crippen molar-refractivity contribution in [1.29, 1.82) is 0 Å². The molecule has 0 aromatic heterocycles. The number of carboxylic acid groups (broad SMARTS) is 1. The van der Waals surface area contributed by atoms with Gasteiger partial charge in [-0.2, -0.15) is 0 Å². The van der Waals surface area contributed by atoms with E-state index in [1.54, 1.807) is 0 Å². The summed E-state index contributed by atoms with van der Waals surface area (Å²) >= 11 is 0.970. The van der Waals surface area contributed by atoms with Crippen LogP contribution in [0, 0.1) is 0 Å². The summed E-state index contributed by atoms with van der Waals surface area (Å²) in [5.74, 6) is -0.906. The second-order valence-corrected chi connectivity index (χ2v) is 2.71. The van der Waals surface area contributed by atoms with E-state index in [1.165, 1.54) is 0 Å². The maximum absolute atomic E-state index is 10.1. The van der Waals surface area contributed by atoms with E-state index in [0.29, 0.717) is 0 Å². The molecule has 0 aliphatic carbocycles. The quantitative estimate of drug-likeness (QED) is 0.564. The van der Waals surface area contributed by atoms with Crippen LogP contribution in [0.1, 0.15) is 12.8 Å². The molecule has 1 unspecified atom stereocenters. The third kappa shape index (κ3) is 5.70. The van der Waals surface area contributed by atoms with Gasteiger partial charge in [-0.15, -0.1) is 0 Å². The first kappa shape index (κ1) is 7.70. The second-order valence-electron chi connectivity index (χ2n) is 1.36. The topological polar surface area (TPSA) is 54.4 Å². The third-order valence-corrected chi connectivity index (χ3v) is 1.19. The Balaban J connectivity index is 3.18. The minimum atomic E-state index is -0.906. The summed E-state index contributed by atoms with van der Waals surface area (Å²) in [5, 5.41) is 8.02. The Morgan fingerprint density at radius 1 is 1.38 bits per heavy atom. The van der Waals surface area contributed by atoms with Crippen molar-refractivity contribution in [2.45, 2.75) is 12.8 Å². The monoisotopic (exact) mass is 178 g/mol. The number of hydrogen-bond donors (Lipinski definition) is 1. The molecule has 0 fully saturated rings. The van der Waals surface area contributed by atoms with E-state index in [9.17, 15) is 9.59 Å². The third-order valence-electron chi connectivity index (χ3n) is 0.585. The van der Waals surface area contributed by atoms with Gasteiger partial charge in [0.15, 0.2) is 0 Å². The predicted octanol–water partition coefficient (Wildman–Crippen LogP) is -0.989. The van der Waals surface area contributed by atoms with Crippen molar-refractivity contribution in [3.8, 4) is 0 Å². The van der Waals surface area contributed by atoms with Crippen LogP contribution in [0.25, 0.3) is 0 Å². The number of rotatable bonds is 3. The van der Waals surface area contributed by atoms with Gasteiger partial charge in [0.25, 0.3) is 0 Å². The van der Waals surface area contributed by atoms with Gasteiger partial charge in [0.2, 0.25) is 0 Å². The zero-order valence-electron chi connectivity index (χ0n) is 4.26. The van der Waals surface area contributed by atoms with Crippen molar-refractivity contribution < 1.29 is 14.7 Å². The zero-order valence-corrected chi connectivity index (χ0v) is 6.68. The SMILES string of the molecule is O=C(O)CCC(=O)[AsH2]. The summed E-state index contributed by atoms with van der Waals surface area (Å²) in [6, 6.07) is 0. The number of carboxylic acids is 1. The van der Waals surface area contributed by atoms with Crippen LogP contribution in [0.5, 0.6) is 0 Å². The number of carbonyl (C=O) groups excluding carboxylic acids is 1. The van der Waals surface area contributed by atoms with E-state index in [0.717, 1.165) is 16.9 Å². The van der Waals surface area contributed by atoms with Gasteiger partial charge in [-0.1, -0.05) is 0 Å². The van der Waals surface area contributed by atoms with Gasteiger partial charge in [-0.05, 0) is 0 Å². The Hall–Kier alpha value is -0.302. The van der Waals surface area contributed by atoms with Crippen LogP contribution in [0.15, 0.2) is 0 Å². The number of hydrogen-bond acceptors (Lipinski definition) is 2. The molecule has 4 heteroatoms. The van der Waals surface area contributed by atoms with E-state index >= 15 is 0 Å². The van der Waals surface area contributed by atoms with E-state index < -0.39 is 5.97 Å². The summed E-state index contributed by atoms with van der Waals surface area (Å²) in [6.45, 7) is 0. The summed E-state index contributed by atoms with van der Waals surface area (Å²) in [7, 11) is 0. The predicted molar refractivity (Wildman–Crippen MR) is 30.4 cm³/mol. The van der Waals surface area contributed by atoms with Crippen LogP contribution in [-0.2, 0) is 9.59 Å². The average Bonchev–Trinajstić information content (AvgIpc) is 1.61. The number of carbonyl (C=O) groups is 2. The molecule has 0 aliphatic rings. The molecule has 1 atom stereocenters. The van der Waals surface area contributed by atoms with Crippen molar-refractivity contribution in [2.24, 2.45) is 0 Å². The molecular formula is C4H7AsO3. The van der Waals surface area contributed by atoms with Crippen molar-refractivity contribution in [1.82, 2.24) is 0 Å². The molecule has 0 aromatic carbocycles. The van der Waals surface area contributed by atoms with Crippen LogP contribution in [0.3, 0.4) is 0 Å². The first-order valence-electron chi connectivity index (χ1n) is 2.13. The van der Waals surface area contributed by atoms with Gasteiger partial charge in [-0.25, -0.2) is 0 Å². The Morgan fingerprint density at radius 3 is 2.00 bits per heavy atom. The van der Waals surface area contributed by atoms with E-state index in [4.69, 9.17) is 5.11 Å². The molecule has 0 rings (SSSR count). The normalized spacial score (nSPS) is 8.62. The zero-order chi connectivity index (χ0) is 6.57. The molecule has 0 bridgehead atoms. The van der Waals surface area contributed by atoms with Gasteiger partial charge >= 0.3 is 54.9 Å². The van der Waals surface area contributed by atoms with Crippen LogP contribution >= 0.6 is 0 Å². The van der Waals surface area contributed by atoms with Crippen molar-refractivity contribution in [3.63, 3.8) is 0 Å². The molecular weight excluding hydrogens is 171 g/mol. The Labute approximate surface area is 55.6 Å². The molecule has 0 spiro atoms. The van der Waals surface area contributed by atoms with Crippen molar-refractivity contribution >= 4 is 27.4 Å². The minimum absolute atomic E-state index is 0.0140. The average molecular weight is 178 g/mol. The van der Waals surface area contributed by atoms with Crippen LogP contribution in [-0.4, -0.2) is 32.5 Å². The van der Waals surface area contributed by atoms with Crippen LogP contribution in [0.2, 0.25) is 0 Å². The molecule has 0 amide bonds. The standard InChI is InChI=1S/C4H7AsO3/c5-3(6)1-2-4(7)8/h1-2,5H2,(H,7,8). The summed E-state index contributed by atoms with van der Waals surface area (Å²) in [6.07, 6.45) is 0.145. The van der Waals surface area contributed by atoms with Gasteiger partial charge < -0.3 is 0 Å². The maximum atomic E-state index is 10.1. The molecule has 0 aliphatic heterocycles. The van der Waals surface area contributed by atoms with E-state index in [1.807, 2.05) is 0 Å². The molecule has 1 N–H and O–H groups in total. The van der Waals surface area contributed by atoms with E-state index in [-0.39, 0.29) is 17.4 Å². The fourth-order valence-electron chi connectivity index (χ4n) is 0.230. The fraction of sp³-hybridized carbons (Fsp3) is 0.500. The van der Waals surface area contributed by atoms with Crippen molar-refractivity contribution in [2.75, 3.05) is 0 Å². The number of aliphatic carboxylic acids is 1. The van der Waals surface area contributed by atoms with Gasteiger partial charge in [-0.3, -0.25) is 0 Å². The van der Waals surface area contributed by atoms with Gasteiger partial charge in [0, 0.05) is 0 Å². The first-order valence-corrected chi connectivity index (χ1v) is 3.34. The molecule has 0 heterocycles. The molecule has 0 saturated heterocycles. The van der Waals surface area contributed by atoms with Gasteiger partial charge in [0.1, 0.15) is 0 Å². The fourth-order valence-corrected chi connectivity index (χ4v) is 0.533. The van der Waals surface area contributed by atoms with Crippen LogP contribution < -0.4 is 0 Å². The Morgan fingerprint density at radius 2 is 1.88 bits per heavy atom. The molecule has 0 radical (unpaired) electrons. The van der Waals surface area contributed by atoms with Crippen LogP contribution in [0.4, 0.5) is 0 Å². The first-order chi connectivity index (χ1) is 3.63. The van der Waals surface area contributed by atoms with Gasteiger partial charge in [0.05, 0.1) is 0 Å². The molecule has 0 aromatic rings. The van der Waals surface area contributed by atoms with Crippen molar-refractivity contribution in [3.05, 3.63) is 0 Å². The summed E-state index contributed by atoms with van der Waals surface area (Å²) in [4.78, 5) is 19.9. The summed E-state index contributed by atoms with van der Waals surface area (Å²) in [5.41, 5.74) is 0. The molecule has 46 valence electrons. The Bertz CT molecular complexity index is 95.9. The second kappa shape index (κ2) is 3.67. The molecule has 3 nitrogen and oxygen atoms in total. The summed E-state index contributed by atoms with van der Waals surface area (Å²) < 4.78 is -0.0140.